The third-order valence-electron chi connectivity index (χ3n) is 4.75. The molecule has 1 aliphatic rings. The summed E-state index contributed by atoms with van der Waals surface area (Å²) in [6.07, 6.45) is 2.17. The van der Waals surface area contributed by atoms with Gasteiger partial charge in [-0.3, -0.25) is 9.69 Å². The van der Waals surface area contributed by atoms with Gasteiger partial charge in [-0.25, -0.2) is 0 Å². The molecule has 0 bridgehead atoms. The van der Waals surface area contributed by atoms with Gasteiger partial charge in [-0.1, -0.05) is 72.0 Å². The molecule has 1 amide bonds. The van der Waals surface area contributed by atoms with E-state index in [4.69, 9.17) is 21.4 Å². The number of hydrogen-bond donors (Lipinski definition) is 0. The number of hydrogen-bond acceptors (Lipinski definition) is 5. The topological polar surface area (TPSA) is 42.7 Å². The number of rotatable bonds is 7. The molecule has 4 rings (SSSR count). The lowest BCUT2D eigenvalue weighted by Gasteiger charge is -2.15. The van der Waals surface area contributed by atoms with Crippen LogP contribution in [0.15, 0.2) is 71.3 Å². The number of ether oxygens (including phenoxy) is 1. The molecule has 1 saturated heterocycles. The molecule has 1 fully saturated rings. The van der Waals surface area contributed by atoms with Gasteiger partial charge >= 0.3 is 0 Å². The van der Waals surface area contributed by atoms with E-state index in [2.05, 4.69) is 25.1 Å². The maximum Gasteiger partial charge on any atom is 0.242 e. The van der Waals surface area contributed by atoms with E-state index < -0.39 is 0 Å². The summed E-state index contributed by atoms with van der Waals surface area (Å²) < 4.78 is 12.0. The molecule has 2 aromatic carbocycles. The number of aryl methyl sites for hydroxylation is 1. The molecule has 0 unspecified atom stereocenters. The lowest BCUT2D eigenvalue weighted by Crippen LogP contribution is -2.31. The Morgan fingerprint density at radius 2 is 2.00 bits per heavy atom. The maximum absolute atomic E-state index is 12.9. The average molecular weight is 424 g/mol. The minimum Gasteiger partial charge on any atom is -0.489 e. The van der Waals surface area contributed by atoms with Crippen LogP contribution in [-0.4, -0.2) is 20.4 Å². The predicted octanol–water partition coefficient (Wildman–Crippen LogP) is 5.14. The number of para-hydroxylation sites is 1. The molecule has 0 aliphatic carbocycles. The summed E-state index contributed by atoms with van der Waals surface area (Å²) in [5, 5.41) is -0.249. The SMILES string of the molecule is Cc1cccc(COc2ccccc2C[C@@H]2SC(=S)N(Cc3ccco3)C2=O)c1. The van der Waals surface area contributed by atoms with E-state index in [1.54, 1.807) is 11.2 Å². The fraction of sp³-hybridized carbons (Fsp3) is 0.217. The zero-order chi connectivity index (χ0) is 20.2. The van der Waals surface area contributed by atoms with Gasteiger partial charge in [-0.05, 0) is 42.7 Å². The molecule has 6 heteroatoms. The Hall–Kier alpha value is -2.57. The standard InChI is InChI=1S/C23H21NO3S2/c1-16-6-4-7-17(12-16)15-27-20-10-3-2-8-18(20)13-21-22(25)24(23(28)29-21)14-19-9-5-11-26-19/h2-12,21H,13-15H2,1H3/t21-/m0/s1. The molecule has 1 aliphatic heterocycles. The fourth-order valence-corrected chi connectivity index (χ4v) is 4.82. The first kappa shape index (κ1) is 19.7. The molecule has 2 heterocycles. The van der Waals surface area contributed by atoms with Gasteiger partial charge in [0.15, 0.2) is 0 Å². The van der Waals surface area contributed by atoms with E-state index in [1.807, 2.05) is 42.5 Å². The summed E-state index contributed by atoms with van der Waals surface area (Å²) in [4.78, 5) is 14.5. The second-order valence-electron chi connectivity index (χ2n) is 6.97. The van der Waals surface area contributed by atoms with Crippen molar-refractivity contribution < 1.29 is 13.9 Å². The van der Waals surface area contributed by atoms with Crippen molar-refractivity contribution in [2.75, 3.05) is 0 Å². The second kappa shape index (κ2) is 8.84. The maximum atomic E-state index is 12.9. The highest BCUT2D eigenvalue weighted by atomic mass is 32.2. The molecule has 4 nitrogen and oxygen atoms in total. The normalized spacial score (nSPS) is 16.4. The monoisotopic (exact) mass is 423 g/mol. The Bertz CT molecular complexity index is 1020. The van der Waals surface area contributed by atoms with Crippen molar-refractivity contribution >= 4 is 34.2 Å². The van der Waals surface area contributed by atoms with Crippen LogP contribution >= 0.6 is 24.0 Å². The van der Waals surface area contributed by atoms with E-state index in [0.29, 0.717) is 23.9 Å². The number of amides is 1. The third-order valence-corrected chi connectivity index (χ3v) is 6.34. The van der Waals surface area contributed by atoms with Gasteiger partial charge in [0.25, 0.3) is 0 Å². The van der Waals surface area contributed by atoms with Crippen LogP contribution in [0.1, 0.15) is 22.5 Å². The largest absolute Gasteiger partial charge is 0.489 e. The lowest BCUT2D eigenvalue weighted by molar-refractivity contribution is -0.126. The van der Waals surface area contributed by atoms with Crippen LogP contribution in [0.2, 0.25) is 0 Å². The summed E-state index contributed by atoms with van der Waals surface area (Å²) in [7, 11) is 0. The zero-order valence-corrected chi connectivity index (χ0v) is 17.7. The van der Waals surface area contributed by atoms with Crippen molar-refractivity contribution in [2.45, 2.75) is 31.7 Å². The van der Waals surface area contributed by atoms with Crippen LogP contribution in [0.5, 0.6) is 5.75 Å². The second-order valence-corrected chi connectivity index (χ2v) is 8.80. The Balaban J connectivity index is 1.44. The van der Waals surface area contributed by atoms with Crippen LogP contribution in [0.4, 0.5) is 0 Å². The summed E-state index contributed by atoms with van der Waals surface area (Å²) in [5.41, 5.74) is 3.34. The lowest BCUT2D eigenvalue weighted by atomic mass is 10.1. The molecule has 3 aromatic rings. The van der Waals surface area contributed by atoms with Gasteiger partial charge in [0.2, 0.25) is 5.91 Å². The number of carbonyl (C=O) groups is 1. The zero-order valence-electron chi connectivity index (χ0n) is 16.0. The first-order chi connectivity index (χ1) is 14.1. The van der Waals surface area contributed by atoms with Crippen molar-refractivity contribution in [1.82, 2.24) is 4.90 Å². The number of nitrogens with zero attached hydrogens (tertiary/aromatic N) is 1. The average Bonchev–Trinajstić information content (AvgIpc) is 3.32. The molecule has 0 saturated carbocycles. The third kappa shape index (κ3) is 4.71. The van der Waals surface area contributed by atoms with Gasteiger partial charge in [-0.2, -0.15) is 0 Å². The van der Waals surface area contributed by atoms with Crippen molar-refractivity contribution in [2.24, 2.45) is 0 Å². The van der Waals surface area contributed by atoms with Gasteiger partial charge in [0.1, 0.15) is 22.4 Å². The van der Waals surface area contributed by atoms with Crippen molar-refractivity contribution in [1.29, 1.82) is 0 Å². The number of carbonyl (C=O) groups excluding carboxylic acids is 1. The molecule has 1 aromatic heterocycles. The summed E-state index contributed by atoms with van der Waals surface area (Å²) in [6.45, 7) is 2.94. The molecule has 1 atom stereocenters. The van der Waals surface area contributed by atoms with E-state index in [1.165, 1.54) is 17.3 Å². The quantitative estimate of drug-likeness (QED) is 0.492. The number of thioether (sulfide) groups is 1. The van der Waals surface area contributed by atoms with Crippen LogP contribution in [0.25, 0.3) is 0 Å². The van der Waals surface area contributed by atoms with E-state index in [9.17, 15) is 4.79 Å². The molecule has 0 spiro atoms. The Labute approximate surface area is 179 Å². The van der Waals surface area contributed by atoms with Gasteiger partial charge in [0, 0.05) is 0 Å². The van der Waals surface area contributed by atoms with Crippen LogP contribution in [0.3, 0.4) is 0 Å². The number of furan rings is 1. The summed E-state index contributed by atoms with van der Waals surface area (Å²) >= 11 is 6.87. The first-order valence-corrected chi connectivity index (χ1v) is 10.7. The molecule has 0 radical (unpaired) electrons. The minimum atomic E-state index is -0.249. The van der Waals surface area contributed by atoms with Crippen molar-refractivity contribution in [3.63, 3.8) is 0 Å². The number of benzene rings is 2. The highest BCUT2D eigenvalue weighted by Crippen LogP contribution is 2.33. The Morgan fingerprint density at radius 1 is 1.14 bits per heavy atom. The van der Waals surface area contributed by atoms with Crippen molar-refractivity contribution in [3.05, 3.63) is 89.4 Å². The Kier molecular flexibility index (Phi) is 6.02. The molecule has 29 heavy (non-hydrogen) atoms. The minimum absolute atomic E-state index is 0.0184. The fourth-order valence-electron chi connectivity index (χ4n) is 3.31. The molecular formula is C23H21NO3S2. The number of thiocarbonyl (C=S) groups is 1. The highest BCUT2D eigenvalue weighted by Gasteiger charge is 2.37. The molecule has 0 N–H and O–H groups in total. The highest BCUT2D eigenvalue weighted by molar-refractivity contribution is 8.24. The summed E-state index contributed by atoms with van der Waals surface area (Å²) in [5.74, 6) is 1.55. The van der Waals surface area contributed by atoms with Crippen molar-refractivity contribution in [3.8, 4) is 5.75 Å². The predicted molar refractivity (Wildman–Crippen MR) is 119 cm³/mol. The van der Waals surface area contributed by atoms with E-state index in [-0.39, 0.29) is 11.2 Å². The van der Waals surface area contributed by atoms with Gasteiger partial charge in [-0.15, -0.1) is 0 Å². The smallest absolute Gasteiger partial charge is 0.242 e. The van der Waals surface area contributed by atoms with E-state index >= 15 is 0 Å². The molecular weight excluding hydrogens is 402 g/mol. The molecule has 148 valence electrons. The van der Waals surface area contributed by atoms with Crippen LogP contribution in [0, 0.1) is 6.92 Å². The van der Waals surface area contributed by atoms with E-state index in [0.717, 1.165) is 22.6 Å². The first-order valence-electron chi connectivity index (χ1n) is 9.41. The summed E-state index contributed by atoms with van der Waals surface area (Å²) in [6, 6.07) is 19.8. The van der Waals surface area contributed by atoms with Crippen LogP contribution < -0.4 is 4.74 Å². The van der Waals surface area contributed by atoms with Gasteiger partial charge < -0.3 is 9.15 Å². The Morgan fingerprint density at radius 3 is 2.79 bits per heavy atom. The van der Waals surface area contributed by atoms with Crippen LogP contribution in [-0.2, 0) is 24.4 Å². The van der Waals surface area contributed by atoms with Gasteiger partial charge in [0.05, 0.1) is 18.1 Å².